The van der Waals surface area contributed by atoms with Crippen LogP contribution in [0.2, 0.25) is 0 Å². The van der Waals surface area contributed by atoms with Crippen LogP contribution in [-0.2, 0) is 16.0 Å². The van der Waals surface area contributed by atoms with Crippen molar-refractivity contribution in [2.45, 2.75) is 30.6 Å². The number of rotatable bonds is 6. The number of anilines is 1. The third-order valence-corrected chi connectivity index (χ3v) is 8.14. The molecule has 3 aromatic rings. The number of amides is 2. The monoisotopic (exact) mass is 470 g/mol. The van der Waals surface area contributed by atoms with Crippen LogP contribution >= 0.6 is 11.8 Å². The molecule has 1 saturated carbocycles. The second kappa shape index (κ2) is 9.67. The molecule has 1 heterocycles. The molecule has 4 nitrogen and oxygen atoms in total. The number of benzene rings is 3. The van der Waals surface area contributed by atoms with E-state index in [-0.39, 0.29) is 23.1 Å². The Morgan fingerprint density at radius 3 is 2.21 bits per heavy atom. The van der Waals surface area contributed by atoms with Gasteiger partial charge in [-0.2, -0.15) is 0 Å². The topological polar surface area (TPSA) is 49.4 Å². The maximum atomic E-state index is 12.9. The van der Waals surface area contributed by atoms with Gasteiger partial charge in [0.2, 0.25) is 11.8 Å². The number of carbonyl (C=O) groups excluding carboxylic acids is 2. The fraction of sp³-hybridized carbons (Fsp3) is 0.310. The smallest absolute Gasteiger partial charge is 0.228 e. The zero-order valence-electron chi connectivity index (χ0n) is 19.5. The van der Waals surface area contributed by atoms with Gasteiger partial charge in [0, 0.05) is 29.6 Å². The number of nitrogens with zero attached hydrogens (tertiary/aromatic N) is 1. The molecule has 0 unspecified atom stereocenters. The summed E-state index contributed by atoms with van der Waals surface area (Å²) in [6.45, 7) is 1.49. The molecule has 1 spiro atoms. The van der Waals surface area contributed by atoms with E-state index in [2.05, 4.69) is 41.7 Å². The van der Waals surface area contributed by atoms with Crippen LogP contribution < -0.4 is 5.32 Å². The fourth-order valence-electron chi connectivity index (χ4n) is 5.11. The summed E-state index contributed by atoms with van der Waals surface area (Å²) in [7, 11) is 0. The van der Waals surface area contributed by atoms with Crippen LogP contribution in [0.5, 0.6) is 0 Å². The molecule has 2 aliphatic rings. The van der Waals surface area contributed by atoms with Gasteiger partial charge in [-0.3, -0.25) is 9.59 Å². The summed E-state index contributed by atoms with van der Waals surface area (Å²) in [6, 6.07) is 26.5. The number of hydrogen-bond donors (Lipinski definition) is 1. The lowest BCUT2D eigenvalue weighted by Gasteiger charge is -2.33. The molecule has 1 saturated heterocycles. The quantitative estimate of drug-likeness (QED) is 0.457. The summed E-state index contributed by atoms with van der Waals surface area (Å²) in [4.78, 5) is 28.9. The van der Waals surface area contributed by atoms with E-state index < -0.39 is 0 Å². The van der Waals surface area contributed by atoms with E-state index in [1.165, 1.54) is 10.5 Å². The molecule has 0 bridgehead atoms. The molecule has 5 rings (SSSR count). The van der Waals surface area contributed by atoms with Crippen molar-refractivity contribution < 1.29 is 9.59 Å². The number of likely N-dealkylation sites (tertiary alicyclic amines) is 1. The third kappa shape index (κ3) is 4.90. The first kappa shape index (κ1) is 22.7. The lowest BCUT2D eigenvalue weighted by Crippen LogP contribution is -2.41. The second-order valence-corrected chi connectivity index (χ2v) is 10.3. The van der Waals surface area contributed by atoms with Gasteiger partial charge in [0.15, 0.2) is 0 Å². The Morgan fingerprint density at radius 2 is 1.56 bits per heavy atom. The largest absolute Gasteiger partial charge is 0.342 e. The van der Waals surface area contributed by atoms with Crippen molar-refractivity contribution in [1.82, 2.24) is 4.90 Å². The Bertz CT molecular complexity index is 1150. The van der Waals surface area contributed by atoms with Gasteiger partial charge in [-0.15, -0.1) is 11.8 Å². The highest BCUT2D eigenvalue weighted by molar-refractivity contribution is 7.98. The number of carbonyl (C=O) groups is 2. The number of piperidine rings is 1. The average Bonchev–Trinajstić information content (AvgIpc) is 3.59. The normalized spacial score (nSPS) is 18.5. The highest BCUT2D eigenvalue weighted by atomic mass is 32.2. The minimum absolute atomic E-state index is 0.0653. The molecule has 0 aromatic heterocycles. The molecule has 174 valence electrons. The van der Waals surface area contributed by atoms with Gasteiger partial charge >= 0.3 is 0 Å². The standard InChI is InChI=1S/C29H30N2O2S/c1-34-25-13-11-24(12-14-25)30-28(33)26-20-29(26)15-17-31(18-16-29)27(32)19-21-7-9-23(10-8-21)22-5-3-2-4-6-22/h2-14,26H,15-20H2,1H3,(H,30,33)/t26-/m0/s1. The molecule has 3 aromatic carbocycles. The average molecular weight is 471 g/mol. The Hall–Kier alpha value is -3.05. The summed E-state index contributed by atoms with van der Waals surface area (Å²) in [5.41, 5.74) is 4.32. The molecule has 1 aliphatic heterocycles. The lowest BCUT2D eigenvalue weighted by molar-refractivity contribution is -0.132. The maximum absolute atomic E-state index is 12.9. The Morgan fingerprint density at radius 1 is 0.912 bits per heavy atom. The molecule has 1 aliphatic carbocycles. The highest BCUT2D eigenvalue weighted by Crippen LogP contribution is 2.59. The highest BCUT2D eigenvalue weighted by Gasteiger charge is 2.58. The lowest BCUT2D eigenvalue weighted by atomic mass is 9.90. The zero-order valence-corrected chi connectivity index (χ0v) is 20.3. The molecular formula is C29H30N2O2S. The molecule has 1 atom stereocenters. The van der Waals surface area contributed by atoms with Gasteiger partial charge in [0.05, 0.1) is 6.42 Å². The van der Waals surface area contributed by atoms with Crippen LogP contribution in [0.15, 0.2) is 83.8 Å². The summed E-state index contributed by atoms with van der Waals surface area (Å²) >= 11 is 1.69. The van der Waals surface area contributed by atoms with E-state index >= 15 is 0 Å². The fourth-order valence-corrected chi connectivity index (χ4v) is 5.52. The Labute approximate surface area is 205 Å². The van der Waals surface area contributed by atoms with E-state index in [0.717, 1.165) is 49.2 Å². The van der Waals surface area contributed by atoms with Gasteiger partial charge in [0.1, 0.15) is 0 Å². The molecule has 5 heteroatoms. The first-order valence-corrected chi connectivity index (χ1v) is 13.2. The molecule has 2 amide bonds. The van der Waals surface area contributed by atoms with Crippen LogP contribution in [0, 0.1) is 11.3 Å². The molecular weight excluding hydrogens is 440 g/mol. The maximum Gasteiger partial charge on any atom is 0.228 e. The van der Waals surface area contributed by atoms with Crippen molar-refractivity contribution in [3.05, 3.63) is 84.4 Å². The van der Waals surface area contributed by atoms with Crippen LogP contribution in [-0.4, -0.2) is 36.1 Å². The van der Waals surface area contributed by atoms with Crippen molar-refractivity contribution >= 4 is 29.3 Å². The summed E-state index contributed by atoms with van der Waals surface area (Å²) in [5, 5.41) is 3.08. The van der Waals surface area contributed by atoms with E-state index in [1.807, 2.05) is 53.6 Å². The Balaban J connectivity index is 1.11. The van der Waals surface area contributed by atoms with Crippen molar-refractivity contribution in [1.29, 1.82) is 0 Å². The van der Waals surface area contributed by atoms with Gasteiger partial charge in [-0.1, -0.05) is 54.6 Å². The molecule has 34 heavy (non-hydrogen) atoms. The molecule has 2 fully saturated rings. The second-order valence-electron chi connectivity index (χ2n) is 9.46. The number of hydrogen-bond acceptors (Lipinski definition) is 3. The molecule has 0 radical (unpaired) electrons. The van der Waals surface area contributed by atoms with E-state index in [1.54, 1.807) is 11.8 Å². The van der Waals surface area contributed by atoms with Gasteiger partial charge in [-0.25, -0.2) is 0 Å². The van der Waals surface area contributed by atoms with E-state index in [9.17, 15) is 9.59 Å². The SMILES string of the molecule is CSc1ccc(NC(=O)[C@@H]2CC23CCN(C(=O)Cc2ccc(-c4ccccc4)cc2)CC3)cc1. The first-order chi connectivity index (χ1) is 16.6. The van der Waals surface area contributed by atoms with Gasteiger partial charge in [-0.05, 0) is 71.9 Å². The summed E-state index contributed by atoms with van der Waals surface area (Å²) in [5.74, 6) is 0.364. The van der Waals surface area contributed by atoms with Gasteiger partial charge < -0.3 is 10.2 Å². The predicted octanol–water partition coefficient (Wildman–Crippen LogP) is 5.89. The predicted molar refractivity (Wildman–Crippen MR) is 139 cm³/mol. The van der Waals surface area contributed by atoms with Crippen molar-refractivity contribution in [3.63, 3.8) is 0 Å². The summed E-state index contributed by atoms with van der Waals surface area (Å²) < 4.78 is 0. The van der Waals surface area contributed by atoms with Crippen LogP contribution in [0.3, 0.4) is 0 Å². The number of thioether (sulfide) groups is 1. The minimum atomic E-state index is 0.0653. The van der Waals surface area contributed by atoms with Crippen LogP contribution in [0.1, 0.15) is 24.8 Å². The number of nitrogens with one attached hydrogen (secondary N) is 1. The van der Waals surface area contributed by atoms with E-state index in [4.69, 9.17) is 0 Å². The van der Waals surface area contributed by atoms with Crippen molar-refractivity contribution in [3.8, 4) is 11.1 Å². The van der Waals surface area contributed by atoms with E-state index in [0.29, 0.717) is 6.42 Å². The van der Waals surface area contributed by atoms with Crippen molar-refractivity contribution in [2.24, 2.45) is 11.3 Å². The third-order valence-electron chi connectivity index (χ3n) is 7.39. The van der Waals surface area contributed by atoms with Crippen molar-refractivity contribution in [2.75, 3.05) is 24.7 Å². The molecule has 1 N–H and O–H groups in total. The van der Waals surface area contributed by atoms with Crippen LogP contribution in [0.4, 0.5) is 5.69 Å². The van der Waals surface area contributed by atoms with Crippen LogP contribution in [0.25, 0.3) is 11.1 Å². The minimum Gasteiger partial charge on any atom is -0.342 e. The van der Waals surface area contributed by atoms with Gasteiger partial charge in [0.25, 0.3) is 0 Å². The Kier molecular flexibility index (Phi) is 6.46. The zero-order chi connectivity index (χ0) is 23.5. The first-order valence-electron chi connectivity index (χ1n) is 11.9. The summed E-state index contributed by atoms with van der Waals surface area (Å²) in [6.07, 6.45) is 5.23.